The lowest BCUT2D eigenvalue weighted by molar-refractivity contribution is 0.0817. The molecule has 11 heteroatoms. The van der Waals surface area contributed by atoms with E-state index in [1.165, 1.54) is 0 Å². The highest BCUT2D eigenvalue weighted by Gasteiger charge is 2.29. The van der Waals surface area contributed by atoms with Crippen molar-refractivity contribution in [3.8, 4) is 0 Å². The molecule has 0 spiro atoms. The van der Waals surface area contributed by atoms with Crippen LogP contribution in [0.25, 0.3) is 22.1 Å². The second-order valence-electron chi connectivity index (χ2n) is 7.07. The Bertz CT molecular complexity index is 1120. The molecule has 0 aliphatic carbocycles. The molecule has 2 amide bonds. The zero-order valence-electron chi connectivity index (χ0n) is 16.5. The van der Waals surface area contributed by atoms with Crippen LogP contribution in [0.5, 0.6) is 0 Å². The van der Waals surface area contributed by atoms with Gasteiger partial charge in [0.1, 0.15) is 27.7 Å². The van der Waals surface area contributed by atoms with Crippen LogP contribution >= 0.6 is 0 Å². The number of amides is 2. The second kappa shape index (κ2) is 7.87. The molecular formula is C19H21N9O2. The molecule has 30 heavy (non-hydrogen) atoms. The minimum atomic E-state index is -1.04. The maximum Gasteiger partial charge on any atom is 0.253 e. The first-order chi connectivity index (χ1) is 14.5. The molecule has 0 saturated heterocycles. The zero-order chi connectivity index (χ0) is 21.1. The molecule has 2 heterocycles. The van der Waals surface area contributed by atoms with E-state index >= 15 is 0 Å². The van der Waals surface area contributed by atoms with Gasteiger partial charge in [-0.25, -0.2) is 0 Å². The number of hydrogen-bond donors (Lipinski definition) is 5. The first kappa shape index (κ1) is 19.5. The van der Waals surface area contributed by atoms with Crippen molar-refractivity contribution in [2.45, 2.75) is 19.5 Å². The van der Waals surface area contributed by atoms with Crippen molar-refractivity contribution in [1.29, 1.82) is 0 Å². The van der Waals surface area contributed by atoms with Crippen molar-refractivity contribution in [3.05, 3.63) is 47.5 Å². The first-order valence-electron chi connectivity index (χ1n) is 9.44. The molecule has 0 fully saturated rings. The quantitative estimate of drug-likeness (QED) is 0.283. The molecule has 0 atom stereocenters. The summed E-state index contributed by atoms with van der Waals surface area (Å²) in [6, 6.07) is 10.0. The van der Waals surface area contributed by atoms with Gasteiger partial charge in [-0.1, -0.05) is 6.92 Å². The zero-order valence-corrected chi connectivity index (χ0v) is 16.5. The Morgan fingerprint density at radius 2 is 1.30 bits per heavy atom. The van der Waals surface area contributed by atoms with Crippen LogP contribution in [-0.4, -0.2) is 61.4 Å². The summed E-state index contributed by atoms with van der Waals surface area (Å²) in [5, 5.41) is 30.0. The number of aromatic nitrogens is 6. The Hall–Kier alpha value is -3.86. The number of fused-ring (bicyclic) bond motifs is 2. The van der Waals surface area contributed by atoms with E-state index < -0.39 is 5.66 Å². The highest BCUT2D eigenvalue weighted by Crippen LogP contribution is 2.14. The third kappa shape index (κ3) is 3.96. The SMILES string of the molecule is CCNCC(C)(NC(=O)c1ccc2n[nH]nc2c1)NC(=O)c1ccc2n[nH]nc2c1. The van der Waals surface area contributed by atoms with E-state index in [0.717, 1.165) is 0 Å². The van der Waals surface area contributed by atoms with Crippen molar-refractivity contribution >= 4 is 33.9 Å². The van der Waals surface area contributed by atoms with E-state index in [4.69, 9.17) is 0 Å². The van der Waals surface area contributed by atoms with Gasteiger partial charge in [-0.3, -0.25) is 9.59 Å². The van der Waals surface area contributed by atoms with E-state index in [0.29, 0.717) is 46.3 Å². The predicted molar refractivity (Wildman–Crippen MR) is 110 cm³/mol. The fraction of sp³-hybridized carbons (Fsp3) is 0.263. The average Bonchev–Trinajstić information content (AvgIpc) is 3.39. The molecule has 154 valence electrons. The van der Waals surface area contributed by atoms with Gasteiger partial charge in [-0.15, -0.1) is 0 Å². The van der Waals surface area contributed by atoms with Gasteiger partial charge in [0.05, 0.1) is 0 Å². The number of aromatic amines is 2. The fourth-order valence-corrected chi connectivity index (χ4v) is 3.10. The van der Waals surface area contributed by atoms with Crippen LogP contribution in [0.4, 0.5) is 0 Å². The number of carbonyl (C=O) groups is 2. The summed E-state index contributed by atoms with van der Waals surface area (Å²) in [4.78, 5) is 25.8. The minimum Gasteiger partial charge on any atom is -0.328 e. The van der Waals surface area contributed by atoms with Gasteiger partial charge in [0, 0.05) is 17.7 Å². The van der Waals surface area contributed by atoms with Crippen LogP contribution in [0, 0.1) is 0 Å². The first-order valence-corrected chi connectivity index (χ1v) is 9.44. The van der Waals surface area contributed by atoms with E-state index in [1.54, 1.807) is 43.3 Å². The van der Waals surface area contributed by atoms with Crippen molar-refractivity contribution in [2.24, 2.45) is 0 Å². The van der Waals surface area contributed by atoms with Gasteiger partial charge < -0.3 is 16.0 Å². The average molecular weight is 407 g/mol. The molecule has 2 aromatic heterocycles. The molecule has 0 aliphatic heterocycles. The molecule has 0 unspecified atom stereocenters. The summed E-state index contributed by atoms with van der Waals surface area (Å²) in [6.07, 6.45) is 0. The maximum absolute atomic E-state index is 12.9. The van der Waals surface area contributed by atoms with Gasteiger partial charge in [0.15, 0.2) is 0 Å². The number of hydrogen-bond acceptors (Lipinski definition) is 7. The Balaban J connectivity index is 1.54. The Morgan fingerprint density at radius 1 is 0.833 bits per heavy atom. The summed E-state index contributed by atoms with van der Waals surface area (Å²) in [6.45, 7) is 4.70. The summed E-state index contributed by atoms with van der Waals surface area (Å²) >= 11 is 0. The maximum atomic E-state index is 12.9. The number of likely N-dealkylation sites (N-methyl/N-ethyl adjacent to an activating group) is 1. The Kier molecular flexibility index (Phi) is 5.11. The van der Waals surface area contributed by atoms with Crippen LogP contribution in [0.2, 0.25) is 0 Å². The highest BCUT2D eigenvalue weighted by molar-refractivity contribution is 6.00. The lowest BCUT2D eigenvalue weighted by atomic mass is 10.1. The summed E-state index contributed by atoms with van der Waals surface area (Å²) in [5.41, 5.74) is 2.29. The van der Waals surface area contributed by atoms with E-state index in [9.17, 15) is 9.59 Å². The third-order valence-electron chi connectivity index (χ3n) is 4.66. The topological polar surface area (TPSA) is 153 Å². The van der Waals surface area contributed by atoms with Gasteiger partial charge in [-0.2, -0.15) is 30.8 Å². The molecule has 4 rings (SSSR count). The van der Waals surface area contributed by atoms with Gasteiger partial charge in [-0.05, 0) is 49.9 Å². The van der Waals surface area contributed by atoms with E-state index in [2.05, 4.69) is 46.8 Å². The van der Waals surface area contributed by atoms with Gasteiger partial charge in [0.25, 0.3) is 11.8 Å². The minimum absolute atomic E-state index is 0.333. The van der Waals surface area contributed by atoms with Crippen LogP contribution in [-0.2, 0) is 0 Å². The van der Waals surface area contributed by atoms with Gasteiger partial charge >= 0.3 is 0 Å². The van der Waals surface area contributed by atoms with Crippen molar-refractivity contribution in [2.75, 3.05) is 13.1 Å². The van der Waals surface area contributed by atoms with Crippen molar-refractivity contribution in [1.82, 2.24) is 46.8 Å². The summed E-state index contributed by atoms with van der Waals surface area (Å²) in [5.74, 6) is -0.680. The summed E-state index contributed by atoms with van der Waals surface area (Å²) in [7, 11) is 0. The van der Waals surface area contributed by atoms with Crippen LogP contribution in [0.3, 0.4) is 0 Å². The molecule has 0 aliphatic rings. The monoisotopic (exact) mass is 407 g/mol. The number of rotatable bonds is 7. The smallest absolute Gasteiger partial charge is 0.253 e. The number of H-pyrrole nitrogens is 2. The standard InChI is InChI=1S/C19H21N9O2/c1-3-20-10-19(2,21-17(29)11-4-6-13-15(8-11)25-27-23-13)22-18(30)12-5-7-14-16(9-12)26-28-24-14/h4-9,20H,3,10H2,1-2H3,(H,21,29)(H,22,30)(H,23,25,27)(H,24,26,28). The van der Waals surface area contributed by atoms with Gasteiger partial charge in [0.2, 0.25) is 0 Å². The normalized spacial score (nSPS) is 11.7. The molecule has 11 nitrogen and oxygen atoms in total. The van der Waals surface area contributed by atoms with Crippen LogP contribution in [0.15, 0.2) is 36.4 Å². The third-order valence-corrected chi connectivity index (χ3v) is 4.66. The van der Waals surface area contributed by atoms with Crippen molar-refractivity contribution < 1.29 is 9.59 Å². The number of benzene rings is 2. The highest BCUT2D eigenvalue weighted by atomic mass is 16.2. The predicted octanol–water partition coefficient (Wildman–Crippen LogP) is 0.715. The molecule has 0 saturated carbocycles. The molecule has 0 bridgehead atoms. The van der Waals surface area contributed by atoms with Crippen molar-refractivity contribution in [3.63, 3.8) is 0 Å². The summed E-state index contributed by atoms with van der Waals surface area (Å²) < 4.78 is 0. The molecule has 5 N–H and O–H groups in total. The number of nitrogens with one attached hydrogen (secondary N) is 5. The lowest BCUT2D eigenvalue weighted by Crippen LogP contribution is -2.63. The molecule has 0 radical (unpaired) electrons. The second-order valence-corrected chi connectivity index (χ2v) is 7.07. The molecular weight excluding hydrogens is 386 g/mol. The van der Waals surface area contributed by atoms with E-state index in [1.807, 2.05) is 6.92 Å². The van der Waals surface area contributed by atoms with E-state index in [-0.39, 0.29) is 11.8 Å². The van der Waals surface area contributed by atoms with Crippen LogP contribution < -0.4 is 16.0 Å². The lowest BCUT2D eigenvalue weighted by Gasteiger charge is -2.32. The Labute approximate surface area is 171 Å². The Morgan fingerprint density at radius 3 is 1.77 bits per heavy atom. The molecule has 2 aromatic carbocycles. The fourth-order valence-electron chi connectivity index (χ4n) is 3.10. The van der Waals surface area contributed by atoms with Crippen LogP contribution in [0.1, 0.15) is 34.6 Å². The number of carbonyl (C=O) groups excluding carboxylic acids is 2. The number of nitrogens with zero attached hydrogens (tertiary/aromatic N) is 4. The largest absolute Gasteiger partial charge is 0.328 e. The molecule has 4 aromatic rings.